The van der Waals surface area contributed by atoms with Gasteiger partial charge in [0.1, 0.15) is 18.3 Å². The molecule has 5 unspecified atom stereocenters. The summed E-state index contributed by atoms with van der Waals surface area (Å²) in [5.41, 5.74) is -0.300. The predicted molar refractivity (Wildman–Crippen MR) is 75.5 cm³/mol. The van der Waals surface area contributed by atoms with Crippen molar-refractivity contribution in [1.82, 2.24) is 0 Å². The van der Waals surface area contributed by atoms with Gasteiger partial charge in [-0.3, -0.25) is 9.59 Å². The zero-order chi connectivity index (χ0) is 16.4. The van der Waals surface area contributed by atoms with Gasteiger partial charge in [-0.25, -0.2) is 0 Å². The van der Waals surface area contributed by atoms with E-state index < -0.39 is 30.3 Å². The summed E-state index contributed by atoms with van der Waals surface area (Å²) in [6.45, 7) is 10.1. The highest BCUT2D eigenvalue weighted by Gasteiger charge is 2.52. The van der Waals surface area contributed by atoms with Crippen molar-refractivity contribution in [3.8, 4) is 0 Å². The Labute approximate surface area is 125 Å². The summed E-state index contributed by atoms with van der Waals surface area (Å²) in [6, 6.07) is 0. The predicted octanol–water partition coefficient (Wildman–Crippen LogP) is 1.29. The molecule has 0 bridgehead atoms. The molecular weight excluding hydrogens is 276 g/mol. The van der Waals surface area contributed by atoms with Crippen LogP contribution in [0.3, 0.4) is 0 Å². The minimum absolute atomic E-state index is 0.262. The maximum absolute atomic E-state index is 11.4. The number of rotatable bonds is 3. The van der Waals surface area contributed by atoms with Crippen LogP contribution in [0.5, 0.6) is 0 Å². The van der Waals surface area contributed by atoms with E-state index in [-0.39, 0.29) is 24.0 Å². The number of ether oxygens (including phenoxy) is 3. The van der Waals surface area contributed by atoms with Crippen molar-refractivity contribution < 1.29 is 28.9 Å². The third-order valence-corrected chi connectivity index (χ3v) is 3.71. The Kier molecular flexibility index (Phi) is 5.75. The van der Waals surface area contributed by atoms with E-state index in [9.17, 15) is 14.7 Å². The van der Waals surface area contributed by atoms with Crippen LogP contribution in [-0.4, -0.2) is 48.1 Å². The molecule has 6 nitrogen and oxygen atoms in total. The number of aliphatic hydroxyl groups is 1. The quantitative estimate of drug-likeness (QED) is 0.791. The van der Waals surface area contributed by atoms with E-state index >= 15 is 0 Å². The second-order valence-corrected chi connectivity index (χ2v) is 6.60. The first-order valence-corrected chi connectivity index (χ1v) is 7.18. The van der Waals surface area contributed by atoms with Crippen LogP contribution in [-0.2, 0) is 23.8 Å². The highest BCUT2D eigenvalue weighted by Crippen LogP contribution is 2.41. The van der Waals surface area contributed by atoms with Gasteiger partial charge in [-0.1, -0.05) is 20.8 Å². The largest absolute Gasteiger partial charge is 0.459 e. The summed E-state index contributed by atoms with van der Waals surface area (Å²) in [6.07, 6.45) is -2.20. The number of carbonyl (C=O) groups is 2. The van der Waals surface area contributed by atoms with Crippen molar-refractivity contribution in [2.75, 3.05) is 6.61 Å². The minimum atomic E-state index is -0.659. The molecule has 0 saturated carbocycles. The second-order valence-electron chi connectivity index (χ2n) is 6.60. The first-order valence-electron chi connectivity index (χ1n) is 7.18. The topological polar surface area (TPSA) is 82.1 Å². The van der Waals surface area contributed by atoms with Gasteiger partial charge in [0.25, 0.3) is 0 Å². The first kappa shape index (κ1) is 17.9. The van der Waals surface area contributed by atoms with Crippen LogP contribution in [0.15, 0.2) is 0 Å². The summed E-state index contributed by atoms with van der Waals surface area (Å²) in [5.74, 6) is -1.13. The van der Waals surface area contributed by atoms with Crippen molar-refractivity contribution in [1.29, 1.82) is 0 Å². The van der Waals surface area contributed by atoms with Crippen molar-refractivity contribution in [2.24, 2.45) is 11.3 Å². The molecule has 0 aliphatic carbocycles. The molecule has 5 atom stereocenters. The van der Waals surface area contributed by atoms with E-state index in [1.54, 1.807) is 6.92 Å². The van der Waals surface area contributed by atoms with E-state index in [0.29, 0.717) is 0 Å². The molecule has 1 fully saturated rings. The summed E-state index contributed by atoms with van der Waals surface area (Å²) in [5, 5.41) is 9.52. The van der Waals surface area contributed by atoms with Crippen LogP contribution >= 0.6 is 0 Å². The summed E-state index contributed by atoms with van der Waals surface area (Å²) in [7, 11) is 0. The van der Waals surface area contributed by atoms with Crippen LogP contribution in [0.2, 0.25) is 0 Å². The van der Waals surface area contributed by atoms with Gasteiger partial charge in [-0.15, -0.1) is 0 Å². The smallest absolute Gasteiger partial charge is 0.303 e. The van der Waals surface area contributed by atoms with E-state index in [2.05, 4.69) is 0 Å². The Morgan fingerprint density at radius 3 is 1.95 bits per heavy atom. The molecule has 1 aliphatic heterocycles. The van der Waals surface area contributed by atoms with Crippen molar-refractivity contribution in [2.45, 2.75) is 66.0 Å². The Balaban J connectivity index is 3.18. The van der Waals surface area contributed by atoms with Crippen LogP contribution in [0, 0.1) is 11.3 Å². The average molecular weight is 302 g/mol. The van der Waals surface area contributed by atoms with Gasteiger partial charge in [-0.2, -0.15) is 0 Å². The maximum Gasteiger partial charge on any atom is 0.303 e. The average Bonchev–Trinajstić information content (AvgIpc) is 2.30. The molecule has 1 saturated heterocycles. The van der Waals surface area contributed by atoms with Gasteiger partial charge < -0.3 is 19.3 Å². The number of hydrogen-bond donors (Lipinski definition) is 1. The molecule has 1 rings (SSSR count). The fourth-order valence-corrected chi connectivity index (χ4v) is 2.97. The number of esters is 2. The standard InChI is InChI=1S/C15H26O6/c1-8-13(20-9(2)17)12(15(4,5)6)14(21-10(3)18)11(7-16)19-8/h8,11-14,16H,7H2,1-6H3. The Bertz CT molecular complexity index is 386. The molecule has 1 heterocycles. The lowest BCUT2D eigenvalue weighted by Crippen LogP contribution is -2.60. The van der Waals surface area contributed by atoms with Gasteiger partial charge in [-0.05, 0) is 12.3 Å². The van der Waals surface area contributed by atoms with Crippen LogP contribution in [0.25, 0.3) is 0 Å². The first-order chi connectivity index (χ1) is 9.57. The third-order valence-electron chi connectivity index (χ3n) is 3.71. The molecule has 0 aromatic heterocycles. The Morgan fingerprint density at radius 2 is 1.57 bits per heavy atom. The maximum atomic E-state index is 11.4. The van der Waals surface area contributed by atoms with Gasteiger partial charge in [0.2, 0.25) is 0 Å². The Hall–Kier alpha value is -1.14. The van der Waals surface area contributed by atoms with Gasteiger partial charge >= 0.3 is 11.9 Å². The zero-order valence-corrected chi connectivity index (χ0v) is 13.6. The normalized spacial score (nSPS) is 33.4. The lowest BCUT2D eigenvalue weighted by Gasteiger charge is -2.49. The van der Waals surface area contributed by atoms with E-state index in [1.807, 2.05) is 20.8 Å². The summed E-state index contributed by atoms with van der Waals surface area (Å²) >= 11 is 0. The minimum Gasteiger partial charge on any atom is -0.459 e. The summed E-state index contributed by atoms with van der Waals surface area (Å²) in [4.78, 5) is 22.8. The molecule has 0 radical (unpaired) electrons. The SMILES string of the molecule is CC(=O)OC1C(C)OC(CO)C(OC(C)=O)C1C(C)(C)C. The van der Waals surface area contributed by atoms with Crippen molar-refractivity contribution in [3.05, 3.63) is 0 Å². The fraction of sp³-hybridized carbons (Fsp3) is 0.867. The molecule has 0 aromatic carbocycles. The molecule has 21 heavy (non-hydrogen) atoms. The van der Waals surface area contributed by atoms with Crippen LogP contribution < -0.4 is 0 Å². The van der Waals surface area contributed by atoms with Gasteiger partial charge in [0.05, 0.1) is 12.7 Å². The third kappa shape index (κ3) is 4.41. The highest BCUT2D eigenvalue weighted by molar-refractivity contribution is 5.67. The molecule has 122 valence electrons. The van der Waals surface area contributed by atoms with Crippen molar-refractivity contribution >= 4 is 11.9 Å². The lowest BCUT2D eigenvalue weighted by molar-refractivity contribution is -0.240. The molecule has 0 amide bonds. The molecular formula is C15H26O6. The second kappa shape index (κ2) is 6.75. The van der Waals surface area contributed by atoms with E-state index in [0.717, 1.165) is 0 Å². The molecule has 0 aromatic rings. The summed E-state index contributed by atoms with van der Waals surface area (Å²) < 4.78 is 16.5. The van der Waals surface area contributed by atoms with E-state index in [1.165, 1.54) is 13.8 Å². The van der Waals surface area contributed by atoms with E-state index in [4.69, 9.17) is 14.2 Å². The number of carbonyl (C=O) groups excluding carboxylic acids is 2. The zero-order valence-electron chi connectivity index (χ0n) is 13.6. The van der Waals surface area contributed by atoms with Crippen LogP contribution in [0.1, 0.15) is 41.5 Å². The van der Waals surface area contributed by atoms with Crippen molar-refractivity contribution in [3.63, 3.8) is 0 Å². The Morgan fingerprint density at radius 1 is 1.10 bits per heavy atom. The lowest BCUT2D eigenvalue weighted by atomic mass is 9.70. The molecule has 0 spiro atoms. The highest BCUT2D eigenvalue weighted by atomic mass is 16.6. The number of aliphatic hydroxyl groups excluding tert-OH is 1. The van der Waals surface area contributed by atoms with Crippen LogP contribution in [0.4, 0.5) is 0 Å². The monoisotopic (exact) mass is 302 g/mol. The number of hydrogen-bond acceptors (Lipinski definition) is 6. The molecule has 1 N–H and O–H groups in total. The molecule has 1 aliphatic rings. The fourth-order valence-electron chi connectivity index (χ4n) is 2.97. The van der Waals surface area contributed by atoms with Gasteiger partial charge in [0, 0.05) is 19.8 Å². The van der Waals surface area contributed by atoms with Gasteiger partial charge in [0.15, 0.2) is 0 Å². The molecule has 6 heteroatoms.